The van der Waals surface area contributed by atoms with E-state index < -0.39 is 0 Å². The van der Waals surface area contributed by atoms with Crippen molar-refractivity contribution in [2.24, 2.45) is 0 Å². The molecule has 6 rings (SSSR count). The van der Waals surface area contributed by atoms with E-state index >= 15 is 0 Å². The Labute approximate surface area is 236 Å². The Balaban J connectivity index is 1.19. The third kappa shape index (κ3) is 6.02. The van der Waals surface area contributed by atoms with Crippen molar-refractivity contribution in [1.82, 2.24) is 14.4 Å². The Hall–Kier alpha value is -2.83. The molecule has 0 N–H and O–H groups in total. The van der Waals surface area contributed by atoms with Gasteiger partial charge in [-0.05, 0) is 79.4 Å². The summed E-state index contributed by atoms with van der Waals surface area (Å²) in [5, 5.41) is 1.88. The molecular weight excluding hydrogens is 506 g/mol. The van der Waals surface area contributed by atoms with Crippen LogP contribution >= 0.6 is 11.6 Å². The summed E-state index contributed by atoms with van der Waals surface area (Å²) < 4.78 is 13.9. The van der Waals surface area contributed by atoms with Gasteiger partial charge in [0.2, 0.25) is 0 Å². The van der Waals surface area contributed by atoms with Gasteiger partial charge in [-0.2, -0.15) is 0 Å². The fourth-order valence-corrected chi connectivity index (χ4v) is 6.41. The molecule has 4 aromatic rings. The van der Waals surface area contributed by atoms with Crippen molar-refractivity contribution in [2.45, 2.75) is 38.5 Å². The number of hydrogen-bond donors (Lipinski definition) is 0. The Kier molecular flexibility index (Phi) is 8.21. The first-order valence-electron chi connectivity index (χ1n) is 14.2. The maximum absolute atomic E-state index is 7.03. The summed E-state index contributed by atoms with van der Waals surface area (Å²) in [7, 11) is 1.81. The summed E-state index contributed by atoms with van der Waals surface area (Å²) in [4.78, 5) is 4.95. The zero-order valence-electron chi connectivity index (χ0n) is 22.8. The molecule has 0 radical (unpaired) electrons. The summed E-state index contributed by atoms with van der Waals surface area (Å²) in [6.45, 7) is 7.94. The first-order chi connectivity index (χ1) is 19.2. The van der Waals surface area contributed by atoms with E-state index in [1.807, 2.05) is 7.11 Å². The average molecular weight is 544 g/mol. The fourth-order valence-electron chi connectivity index (χ4n) is 6.04. The number of halogens is 1. The normalized spacial score (nSPS) is 18.4. The number of para-hydroxylation sites is 1. The highest BCUT2D eigenvalue weighted by Gasteiger charge is 2.22. The summed E-state index contributed by atoms with van der Waals surface area (Å²) in [5.74, 6) is 0.905. The Morgan fingerprint density at radius 2 is 1.54 bits per heavy atom. The van der Waals surface area contributed by atoms with Gasteiger partial charge < -0.3 is 14.0 Å². The van der Waals surface area contributed by atoms with Gasteiger partial charge in [-0.1, -0.05) is 54.1 Å². The van der Waals surface area contributed by atoms with Crippen LogP contribution in [0.1, 0.15) is 30.4 Å². The Morgan fingerprint density at radius 1 is 0.821 bits per heavy atom. The van der Waals surface area contributed by atoms with E-state index in [1.54, 1.807) is 0 Å². The van der Waals surface area contributed by atoms with Gasteiger partial charge in [-0.25, -0.2) is 0 Å². The van der Waals surface area contributed by atoms with Gasteiger partial charge in [0.05, 0.1) is 22.3 Å². The first-order valence-corrected chi connectivity index (χ1v) is 14.6. The van der Waals surface area contributed by atoms with Crippen LogP contribution in [-0.2, 0) is 17.8 Å². The van der Waals surface area contributed by atoms with Crippen LogP contribution in [0.15, 0.2) is 72.8 Å². The second-order valence-corrected chi connectivity index (χ2v) is 11.3. The van der Waals surface area contributed by atoms with E-state index in [4.69, 9.17) is 21.1 Å². The highest BCUT2D eigenvalue weighted by molar-refractivity contribution is 6.38. The summed E-state index contributed by atoms with van der Waals surface area (Å²) in [6, 6.07) is 25.8. The molecular formula is C33H38ClN3O2. The Bertz CT molecular complexity index is 1380. The number of rotatable bonds is 10. The highest BCUT2D eigenvalue weighted by atomic mass is 35.5. The minimum Gasteiger partial charge on any atom is -0.492 e. The molecule has 204 valence electrons. The summed E-state index contributed by atoms with van der Waals surface area (Å²) in [5.41, 5.74) is 5.90. The standard InChI is InChI=1S/C33H38ClN3O2/c1-38-29-16-19-36(24-29)22-25-8-10-26(11-9-25)23-37-31-7-3-2-6-30(31)32(34)33(37)27-12-14-28(15-13-27)39-21-20-35-17-4-5-18-35/h2-3,6-15,29H,4-5,16-24H2,1H3. The van der Waals surface area contributed by atoms with Crippen LogP contribution in [0, 0.1) is 0 Å². The molecule has 2 saturated heterocycles. The van der Waals surface area contributed by atoms with Crippen LogP contribution in [-0.4, -0.2) is 66.9 Å². The van der Waals surface area contributed by atoms with Crippen molar-refractivity contribution in [3.8, 4) is 17.0 Å². The largest absolute Gasteiger partial charge is 0.492 e. The fraction of sp³-hybridized carbons (Fsp3) is 0.394. The first kappa shape index (κ1) is 26.4. The lowest BCUT2D eigenvalue weighted by Gasteiger charge is -2.17. The lowest BCUT2D eigenvalue weighted by Crippen LogP contribution is -2.25. The van der Waals surface area contributed by atoms with Crippen molar-refractivity contribution in [3.05, 3.63) is 88.9 Å². The third-order valence-electron chi connectivity index (χ3n) is 8.24. The maximum atomic E-state index is 7.03. The smallest absolute Gasteiger partial charge is 0.119 e. The maximum Gasteiger partial charge on any atom is 0.119 e. The van der Waals surface area contributed by atoms with Crippen molar-refractivity contribution in [1.29, 1.82) is 0 Å². The molecule has 1 aromatic heterocycles. The van der Waals surface area contributed by atoms with Crippen molar-refractivity contribution < 1.29 is 9.47 Å². The molecule has 0 spiro atoms. The molecule has 2 fully saturated rings. The molecule has 3 aromatic carbocycles. The highest BCUT2D eigenvalue weighted by Crippen LogP contribution is 2.38. The number of nitrogens with zero attached hydrogens (tertiary/aromatic N) is 3. The molecule has 0 aliphatic carbocycles. The zero-order chi connectivity index (χ0) is 26.6. The molecule has 0 amide bonds. The van der Waals surface area contributed by atoms with Crippen molar-refractivity contribution in [2.75, 3.05) is 46.4 Å². The molecule has 5 nitrogen and oxygen atoms in total. The van der Waals surface area contributed by atoms with Gasteiger partial charge in [-0.3, -0.25) is 9.80 Å². The van der Waals surface area contributed by atoms with Gasteiger partial charge in [0.25, 0.3) is 0 Å². The molecule has 3 heterocycles. The van der Waals surface area contributed by atoms with Gasteiger partial charge in [-0.15, -0.1) is 0 Å². The van der Waals surface area contributed by atoms with E-state index in [0.29, 0.717) is 6.10 Å². The van der Waals surface area contributed by atoms with E-state index in [2.05, 4.69) is 87.2 Å². The lowest BCUT2D eigenvalue weighted by atomic mass is 10.1. The molecule has 6 heteroatoms. The quantitative estimate of drug-likeness (QED) is 0.222. The molecule has 2 aliphatic rings. The van der Waals surface area contributed by atoms with E-state index in [0.717, 1.165) is 78.7 Å². The van der Waals surface area contributed by atoms with Crippen LogP contribution < -0.4 is 4.74 Å². The molecule has 2 aliphatic heterocycles. The number of ether oxygens (including phenoxy) is 2. The van der Waals surface area contributed by atoms with Crippen molar-refractivity contribution >= 4 is 22.5 Å². The van der Waals surface area contributed by atoms with Crippen LogP contribution in [0.3, 0.4) is 0 Å². The van der Waals surface area contributed by atoms with Crippen LogP contribution in [0.25, 0.3) is 22.2 Å². The lowest BCUT2D eigenvalue weighted by molar-refractivity contribution is 0.107. The third-order valence-corrected chi connectivity index (χ3v) is 8.63. The topological polar surface area (TPSA) is 29.9 Å². The predicted octanol–water partition coefficient (Wildman–Crippen LogP) is 6.71. The van der Waals surface area contributed by atoms with E-state index in [9.17, 15) is 0 Å². The monoisotopic (exact) mass is 543 g/mol. The van der Waals surface area contributed by atoms with E-state index in [-0.39, 0.29) is 0 Å². The zero-order valence-corrected chi connectivity index (χ0v) is 23.6. The SMILES string of the molecule is COC1CCN(Cc2ccc(Cn3c(-c4ccc(OCCN5CCCC5)cc4)c(Cl)c4ccccc43)cc2)C1. The molecule has 39 heavy (non-hydrogen) atoms. The molecule has 0 saturated carbocycles. The molecule has 1 atom stereocenters. The van der Waals surface area contributed by atoms with E-state index in [1.165, 1.54) is 37.1 Å². The molecule has 1 unspecified atom stereocenters. The predicted molar refractivity (Wildman–Crippen MR) is 160 cm³/mol. The Morgan fingerprint density at radius 3 is 2.26 bits per heavy atom. The number of hydrogen-bond acceptors (Lipinski definition) is 4. The minimum absolute atomic E-state index is 0.366. The average Bonchev–Trinajstić information content (AvgIpc) is 3.71. The summed E-state index contributed by atoms with van der Waals surface area (Å²) >= 11 is 7.03. The second kappa shape index (κ2) is 12.1. The van der Waals surface area contributed by atoms with Crippen LogP contribution in [0.4, 0.5) is 0 Å². The van der Waals surface area contributed by atoms with Gasteiger partial charge >= 0.3 is 0 Å². The number of likely N-dealkylation sites (tertiary alicyclic amines) is 2. The van der Waals surface area contributed by atoms with Crippen LogP contribution in [0.5, 0.6) is 5.75 Å². The summed E-state index contributed by atoms with van der Waals surface area (Å²) in [6.07, 6.45) is 4.10. The number of benzene rings is 3. The number of aromatic nitrogens is 1. The van der Waals surface area contributed by atoms with Crippen molar-refractivity contribution in [3.63, 3.8) is 0 Å². The number of methoxy groups -OCH3 is 1. The van der Waals surface area contributed by atoms with Gasteiger partial charge in [0.1, 0.15) is 12.4 Å². The minimum atomic E-state index is 0.366. The molecule has 0 bridgehead atoms. The van der Waals surface area contributed by atoms with Gasteiger partial charge in [0, 0.05) is 45.2 Å². The second-order valence-electron chi connectivity index (χ2n) is 10.9. The van der Waals surface area contributed by atoms with Crippen LogP contribution in [0.2, 0.25) is 5.02 Å². The van der Waals surface area contributed by atoms with Gasteiger partial charge in [0.15, 0.2) is 0 Å². The number of fused-ring (bicyclic) bond motifs is 1.